The number of piperazine rings is 1. The highest BCUT2D eigenvalue weighted by Crippen LogP contribution is 2.12. The van der Waals surface area contributed by atoms with Gasteiger partial charge in [0.05, 0.1) is 8.07 Å². The molecule has 1 heterocycles. The SMILES string of the molecule is CC1NCCN(C[Si](C)(C)C)C1C. The van der Waals surface area contributed by atoms with Gasteiger partial charge in [0.2, 0.25) is 0 Å². The van der Waals surface area contributed by atoms with Crippen molar-refractivity contribution in [1.82, 2.24) is 10.2 Å². The van der Waals surface area contributed by atoms with E-state index in [1.165, 1.54) is 12.7 Å². The maximum Gasteiger partial charge on any atom is 0.0599 e. The fourth-order valence-electron chi connectivity index (χ4n) is 1.96. The van der Waals surface area contributed by atoms with E-state index in [1.807, 2.05) is 0 Å². The fourth-order valence-corrected chi connectivity index (χ4v) is 3.62. The smallest absolute Gasteiger partial charge is 0.0599 e. The lowest BCUT2D eigenvalue weighted by Crippen LogP contribution is -2.58. The van der Waals surface area contributed by atoms with Crippen LogP contribution in [0.25, 0.3) is 0 Å². The molecule has 1 N–H and O–H groups in total. The van der Waals surface area contributed by atoms with Gasteiger partial charge in [0, 0.05) is 25.2 Å². The largest absolute Gasteiger partial charge is 0.311 e. The second-order valence-corrected chi connectivity index (χ2v) is 11.0. The Balaban J connectivity index is 2.49. The number of nitrogens with one attached hydrogen (secondary N) is 1. The summed E-state index contributed by atoms with van der Waals surface area (Å²) in [6, 6.07) is 1.37. The first-order valence-corrected chi connectivity index (χ1v) is 9.08. The molecule has 0 aliphatic carbocycles. The van der Waals surface area contributed by atoms with Crippen molar-refractivity contribution in [3.8, 4) is 0 Å². The van der Waals surface area contributed by atoms with Crippen LogP contribution >= 0.6 is 0 Å². The lowest BCUT2D eigenvalue weighted by molar-refractivity contribution is 0.159. The average Bonchev–Trinajstić information content (AvgIpc) is 1.96. The van der Waals surface area contributed by atoms with Gasteiger partial charge in [-0.2, -0.15) is 0 Å². The van der Waals surface area contributed by atoms with Crippen LogP contribution in [0, 0.1) is 0 Å². The molecule has 0 saturated carbocycles. The van der Waals surface area contributed by atoms with Crippen molar-refractivity contribution in [2.75, 3.05) is 19.3 Å². The summed E-state index contributed by atoms with van der Waals surface area (Å²) in [4.78, 5) is 2.66. The van der Waals surface area contributed by atoms with Crippen molar-refractivity contribution in [1.29, 1.82) is 0 Å². The molecule has 2 atom stereocenters. The van der Waals surface area contributed by atoms with Gasteiger partial charge >= 0.3 is 0 Å². The van der Waals surface area contributed by atoms with Gasteiger partial charge in [-0.3, -0.25) is 0 Å². The first kappa shape index (κ1) is 11.2. The van der Waals surface area contributed by atoms with Crippen LogP contribution in [-0.2, 0) is 0 Å². The minimum absolute atomic E-state index is 0.658. The Labute approximate surface area is 83.7 Å². The Hall–Kier alpha value is 0.137. The van der Waals surface area contributed by atoms with Gasteiger partial charge in [-0.25, -0.2) is 0 Å². The number of nitrogens with zero attached hydrogens (tertiary/aromatic N) is 1. The van der Waals surface area contributed by atoms with Gasteiger partial charge in [-0.05, 0) is 20.0 Å². The van der Waals surface area contributed by atoms with E-state index in [2.05, 4.69) is 43.7 Å². The van der Waals surface area contributed by atoms with Crippen LogP contribution in [-0.4, -0.2) is 44.3 Å². The van der Waals surface area contributed by atoms with E-state index in [0.29, 0.717) is 12.1 Å². The van der Waals surface area contributed by atoms with Crippen LogP contribution in [0.15, 0.2) is 0 Å². The van der Waals surface area contributed by atoms with Crippen LogP contribution in [0.5, 0.6) is 0 Å². The topological polar surface area (TPSA) is 15.3 Å². The maximum atomic E-state index is 3.52. The van der Waals surface area contributed by atoms with Gasteiger partial charge in [-0.1, -0.05) is 19.6 Å². The zero-order valence-electron chi connectivity index (χ0n) is 9.72. The molecule has 0 bridgehead atoms. The highest BCUT2D eigenvalue weighted by Gasteiger charge is 2.27. The molecule has 1 fully saturated rings. The predicted octanol–water partition coefficient (Wildman–Crippen LogP) is 1.55. The second-order valence-electron chi connectivity index (χ2n) is 5.51. The third-order valence-corrected chi connectivity index (χ3v) is 4.20. The molecule has 13 heavy (non-hydrogen) atoms. The standard InChI is InChI=1S/C10H24N2Si/c1-9-10(2)12(7-6-11-9)8-13(3,4)5/h9-11H,6-8H2,1-5H3. The van der Waals surface area contributed by atoms with Crippen LogP contribution in [0.3, 0.4) is 0 Å². The van der Waals surface area contributed by atoms with Gasteiger partial charge in [0.15, 0.2) is 0 Å². The monoisotopic (exact) mass is 200 g/mol. The highest BCUT2D eigenvalue weighted by molar-refractivity contribution is 6.76. The molecule has 0 spiro atoms. The average molecular weight is 200 g/mol. The summed E-state index contributed by atoms with van der Waals surface area (Å²) in [7, 11) is -0.918. The van der Waals surface area contributed by atoms with E-state index in [-0.39, 0.29) is 0 Å². The fraction of sp³-hybridized carbons (Fsp3) is 1.00. The summed E-state index contributed by atoms with van der Waals surface area (Å²) in [6.07, 6.45) is 1.35. The number of rotatable bonds is 2. The van der Waals surface area contributed by atoms with E-state index >= 15 is 0 Å². The van der Waals surface area contributed by atoms with E-state index in [0.717, 1.165) is 6.54 Å². The summed E-state index contributed by atoms with van der Waals surface area (Å²) < 4.78 is 0. The van der Waals surface area contributed by atoms with Gasteiger partial charge in [0.25, 0.3) is 0 Å². The van der Waals surface area contributed by atoms with E-state index in [4.69, 9.17) is 0 Å². The van der Waals surface area contributed by atoms with E-state index in [1.54, 1.807) is 0 Å². The van der Waals surface area contributed by atoms with Crippen LogP contribution < -0.4 is 5.32 Å². The van der Waals surface area contributed by atoms with Crippen LogP contribution in [0.4, 0.5) is 0 Å². The van der Waals surface area contributed by atoms with Crippen LogP contribution in [0.1, 0.15) is 13.8 Å². The third-order valence-electron chi connectivity index (χ3n) is 2.84. The lowest BCUT2D eigenvalue weighted by atomic mass is 10.1. The molecule has 3 heteroatoms. The Morgan fingerprint density at radius 3 is 2.46 bits per heavy atom. The molecule has 0 aromatic heterocycles. The highest BCUT2D eigenvalue weighted by atomic mass is 28.3. The number of hydrogen-bond acceptors (Lipinski definition) is 2. The molecule has 1 aliphatic heterocycles. The zero-order valence-corrected chi connectivity index (χ0v) is 10.7. The molecule has 0 amide bonds. The molecule has 1 rings (SSSR count). The predicted molar refractivity (Wildman–Crippen MR) is 61.8 cm³/mol. The summed E-state index contributed by atoms with van der Waals surface area (Å²) in [5.74, 6) is 0. The zero-order chi connectivity index (χ0) is 10.1. The minimum atomic E-state index is -0.918. The summed E-state index contributed by atoms with van der Waals surface area (Å²) in [6.45, 7) is 14.4. The molecule has 2 nitrogen and oxygen atoms in total. The van der Waals surface area contributed by atoms with Gasteiger partial charge in [0.1, 0.15) is 0 Å². The van der Waals surface area contributed by atoms with Crippen LogP contribution in [0.2, 0.25) is 19.6 Å². The van der Waals surface area contributed by atoms with Gasteiger partial charge < -0.3 is 10.2 Å². The minimum Gasteiger partial charge on any atom is -0.311 e. The molecule has 2 unspecified atom stereocenters. The Morgan fingerprint density at radius 1 is 1.31 bits per heavy atom. The molecule has 0 aromatic rings. The molecular formula is C10H24N2Si. The van der Waals surface area contributed by atoms with Crippen molar-refractivity contribution in [3.63, 3.8) is 0 Å². The van der Waals surface area contributed by atoms with Gasteiger partial charge in [-0.15, -0.1) is 0 Å². The molecular weight excluding hydrogens is 176 g/mol. The first-order chi connectivity index (χ1) is 5.90. The van der Waals surface area contributed by atoms with Crippen molar-refractivity contribution >= 4 is 8.07 Å². The normalized spacial score (nSPS) is 32.1. The lowest BCUT2D eigenvalue weighted by Gasteiger charge is -2.41. The van der Waals surface area contributed by atoms with Crippen molar-refractivity contribution in [3.05, 3.63) is 0 Å². The molecule has 1 aliphatic rings. The Bertz CT molecular complexity index is 165. The maximum absolute atomic E-state index is 3.52. The van der Waals surface area contributed by atoms with E-state index in [9.17, 15) is 0 Å². The summed E-state index contributed by atoms with van der Waals surface area (Å²) >= 11 is 0. The molecule has 0 radical (unpaired) electrons. The second kappa shape index (κ2) is 4.11. The quantitative estimate of drug-likeness (QED) is 0.680. The third kappa shape index (κ3) is 3.41. The molecule has 78 valence electrons. The van der Waals surface area contributed by atoms with E-state index < -0.39 is 8.07 Å². The van der Waals surface area contributed by atoms with Crippen molar-refractivity contribution < 1.29 is 0 Å². The van der Waals surface area contributed by atoms with Crippen molar-refractivity contribution in [2.24, 2.45) is 0 Å². The number of hydrogen-bond donors (Lipinski definition) is 1. The molecule has 1 saturated heterocycles. The Morgan fingerprint density at radius 2 is 1.92 bits per heavy atom. The first-order valence-electron chi connectivity index (χ1n) is 5.37. The Kier molecular flexibility index (Phi) is 3.55. The molecule has 0 aromatic carbocycles. The summed E-state index contributed by atoms with van der Waals surface area (Å²) in [5, 5.41) is 3.52. The summed E-state index contributed by atoms with van der Waals surface area (Å²) in [5.41, 5.74) is 0. The van der Waals surface area contributed by atoms with Crippen molar-refractivity contribution in [2.45, 2.75) is 45.6 Å².